The van der Waals surface area contributed by atoms with E-state index < -0.39 is 0 Å². The molecule has 0 aliphatic carbocycles. The molecule has 4 heteroatoms. The number of unbranched alkanes of at least 4 members (excludes halogenated alkanes) is 1. The molecule has 0 unspecified atom stereocenters. The average molecular weight is 256 g/mol. The van der Waals surface area contributed by atoms with Gasteiger partial charge in [-0.25, -0.2) is 0 Å². The summed E-state index contributed by atoms with van der Waals surface area (Å²) in [6.45, 7) is 0.580. The lowest BCUT2D eigenvalue weighted by molar-refractivity contribution is -0.121. The molecule has 1 aromatic carbocycles. The van der Waals surface area contributed by atoms with Crippen molar-refractivity contribution in [2.24, 2.45) is 0 Å². The van der Waals surface area contributed by atoms with E-state index in [0.29, 0.717) is 18.8 Å². The van der Waals surface area contributed by atoms with Crippen LogP contribution in [-0.2, 0) is 17.9 Å². The van der Waals surface area contributed by atoms with Crippen LogP contribution >= 0.6 is 11.6 Å². The van der Waals surface area contributed by atoms with Gasteiger partial charge >= 0.3 is 0 Å². The molecule has 0 fully saturated rings. The molecule has 94 valence electrons. The number of aliphatic hydroxyl groups excluding tert-OH is 1. The fourth-order valence-corrected chi connectivity index (χ4v) is 1.62. The summed E-state index contributed by atoms with van der Waals surface area (Å²) in [7, 11) is 0. The van der Waals surface area contributed by atoms with E-state index in [-0.39, 0.29) is 12.5 Å². The Hall–Kier alpha value is -1.06. The number of alkyl halides is 1. The number of carbonyl (C=O) groups is 1. The number of amides is 1. The molecule has 0 saturated carbocycles. The summed E-state index contributed by atoms with van der Waals surface area (Å²) in [6.07, 6.45) is 2.24. The highest BCUT2D eigenvalue weighted by Crippen LogP contribution is 2.04. The molecule has 0 atom stereocenters. The zero-order chi connectivity index (χ0) is 12.5. The van der Waals surface area contributed by atoms with Crippen LogP contribution < -0.4 is 5.32 Å². The summed E-state index contributed by atoms with van der Waals surface area (Å²) in [4.78, 5) is 11.4. The molecular formula is C13H18ClNO2. The first kappa shape index (κ1) is 14.0. The SMILES string of the molecule is O=C(CCCCCl)NCc1ccc(CO)cc1. The van der Waals surface area contributed by atoms with Crippen LogP contribution in [-0.4, -0.2) is 16.9 Å². The minimum absolute atomic E-state index is 0.0467. The summed E-state index contributed by atoms with van der Waals surface area (Å²) < 4.78 is 0. The van der Waals surface area contributed by atoms with Gasteiger partial charge in [0.1, 0.15) is 0 Å². The predicted octanol–water partition coefficient (Wildman–Crippen LogP) is 2.20. The molecule has 3 nitrogen and oxygen atoms in total. The number of carbonyl (C=O) groups excluding carboxylic acids is 1. The third-order valence-corrected chi connectivity index (χ3v) is 2.75. The minimum atomic E-state index is 0.0467. The topological polar surface area (TPSA) is 49.3 Å². The van der Waals surface area contributed by atoms with E-state index in [1.54, 1.807) is 0 Å². The van der Waals surface area contributed by atoms with Crippen molar-refractivity contribution in [3.8, 4) is 0 Å². The molecule has 2 N–H and O–H groups in total. The van der Waals surface area contributed by atoms with Crippen LogP contribution in [0.4, 0.5) is 0 Å². The van der Waals surface area contributed by atoms with Gasteiger partial charge in [-0.15, -0.1) is 11.6 Å². The summed E-state index contributed by atoms with van der Waals surface area (Å²) in [5.41, 5.74) is 1.91. The van der Waals surface area contributed by atoms with Crippen molar-refractivity contribution in [1.29, 1.82) is 0 Å². The lowest BCUT2D eigenvalue weighted by atomic mass is 10.1. The van der Waals surface area contributed by atoms with Crippen molar-refractivity contribution in [2.45, 2.75) is 32.4 Å². The van der Waals surface area contributed by atoms with Gasteiger partial charge in [-0.1, -0.05) is 24.3 Å². The zero-order valence-electron chi connectivity index (χ0n) is 9.79. The minimum Gasteiger partial charge on any atom is -0.392 e. The highest BCUT2D eigenvalue weighted by atomic mass is 35.5. The Bertz CT molecular complexity index is 338. The Kier molecular flexibility index (Phi) is 6.67. The Morgan fingerprint density at radius 2 is 1.82 bits per heavy atom. The monoisotopic (exact) mass is 255 g/mol. The Balaban J connectivity index is 2.27. The number of nitrogens with one attached hydrogen (secondary N) is 1. The summed E-state index contributed by atoms with van der Waals surface area (Å²) >= 11 is 5.53. The molecule has 17 heavy (non-hydrogen) atoms. The first-order valence-electron chi connectivity index (χ1n) is 5.77. The number of rotatable bonds is 7. The smallest absolute Gasteiger partial charge is 0.220 e. The van der Waals surface area contributed by atoms with E-state index in [4.69, 9.17) is 16.7 Å². The van der Waals surface area contributed by atoms with Crippen LogP contribution in [0.1, 0.15) is 30.4 Å². The molecule has 0 aromatic heterocycles. The van der Waals surface area contributed by atoms with Crippen molar-refractivity contribution in [1.82, 2.24) is 5.32 Å². The lowest BCUT2D eigenvalue weighted by Crippen LogP contribution is -2.22. The van der Waals surface area contributed by atoms with Gasteiger partial charge in [0.15, 0.2) is 0 Å². The van der Waals surface area contributed by atoms with E-state index in [1.165, 1.54) is 0 Å². The summed E-state index contributed by atoms with van der Waals surface area (Å²) in [5.74, 6) is 0.664. The summed E-state index contributed by atoms with van der Waals surface area (Å²) in [6, 6.07) is 7.53. The molecule has 1 amide bonds. The van der Waals surface area contributed by atoms with Crippen molar-refractivity contribution in [2.75, 3.05) is 5.88 Å². The van der Waals surface area contributed by atoms with Gasteiger partial charge in [0, 0.05) is 18.8 Å². The standard InChI is InChI=1S/C13H18ClNO2/c14-8-2-1-3-13(17)15-9-11-4-6-12(10-16)7-5-11/h4-7,16H,1-3,8-10H2,(H,15,17). The Labute approximate surface area is 107 Å². The molecule has 0 aliphatic heterocycles. The highest BCUT2D eigenvalue weighted by molar-refractivity contribution is 6.17. The summed E-state index contributed by atoms with van der Waals surface area (Å²) in [5, 5.41) is 11.7. The molecular weight excluding hydrogens is 238 g/mol. The largest absolute Gasteiger partial charge is 0.392 e. The van der Waals surface area contributed by atoms with Crippen LogP contribution in [0.15, 0.2) is 24.3 Å². The Morgan fingerprint density at radius 1 is 1.18 bits per heavy atom. The maximum Gasteiger partial charge on any atom is 0.220 e. The molecule has 0 aliphatic rings. The van der Waals surface area contributed by atoms with E-state index in [0.717, 1.165) is 24.0 Å². The van der Waals surface area contributed by atoms with Crippen LogP contribution in [0.25, 0.3) is 0 Å². The fraction of sp³-hybridized carbons (Fsp3) is 0.462. The molecule has 0 bridgehead atoms. The quantitative estimate of drug-likeness (QED) is 0.580. The van der Waals surface area contributed by atoms with E-state index in [9.17, 15) is 4.79 Å². The van der Waals surface area contributed by atoms with Crippen LogP contribution in [0, 0.1) is 0 Å². The first-order chi connectivity index (χ1) is 8.26. The van der Waals surface area contributed by atoms with Crippen LogP contribution in [0.5, 0.6) is 0 Å². The number of halogens is 1. The van der Waals surface area contributed by atoms with Gasteiger partial charge < -0.3 is 10.4 Å². The predicted molar refractivity (Wildman–Crippen MR) is 68.8 cm³/mol. The second kappa shape index (κ2) is 8.09. The molecule has 0 spiro atoms. The number of benzene rings is 1. The number of aliphatic hydroxyl groups is 1. The van der Waals surface area contributed by atoms with Gasteiger partial charge in [-0.3, -0.25) is 4.79 Å². The van der Waals surface area contributed by atoms with Crippen molar-refractivity contribution in [3.63, 3.8) is 0 Å². The second-order valence-electron chi connectivity index (χ2n) is 3.90. The van der Waals surface area contributed by atoms with Gasteiger partial charge in [-0.2, -0.15) is 0 Å². The van der Waals surface area contributed by atoms with Crippen molar-refractivity contribution < 1.29 is 9.90 Å². The van der Waals surface area contributed by atoms with Crippen LogP contribution in [0.3, 0.4) is 0 Å². The van der Waals surface area contributed by atoms with Crippen molar-refractivity contribution in [3.05, 3.63) is 35.4 Å². The van der Waals surface area contributed by atoms with E-state index in [1.807, 2.05) is 24.3 Å². The van der Waals surface area contributed by atoms with Gasteiger partial charge in [0.05, 0.1) is 6.61 Å². The number of hydrogen-bond acceptors (Lipinski definition) is 2. The lowest BCUT2D eigenvalue weighted by Gasteiger charge is -2.05. The number of hydrogen-bond donors (Lipinski definition) is 2. The molecule has 1 aromatic rings. The second-order valence-corrected chi connectivity index (χ2v) is 4.28. The fourth-order valence-electron chi connectivity index (χ4n) is 1.43. The normalized spacial score (nSPS) is 10.2. The van der Waals surface area contributed by atoms with Crippen LogP contribution in [0.2, 0.25) is 0 Å². The maximum absolute atomic E-state index is 11.4. The van der Waals surface area contributed by atoms with Crippen molar-refractivity contribution >= 4 is 17.5 Å². The zero-order valence-corrected chi connectivity index (χ0v) is 10.5. The molecule has 0 saturated heterocycles. The molecule has 0 radical (unpaired) electrons. The highest BCUT2D eigenvalue weighted by Gasteiger charge is 2.01. The maximum atomic E-state index is 11.4. The molecule has 0 heterocycles. The third kappa shape index (κ3) is 5.71. The van der Waals surface area contributed by atoms with Gasteiger partial charge in [-0.05, 0) is 24.0 Å². The third-order valence-electron chi connectivity index (χ3n) is 2.48. The first-order valence-corrected chi connectivity index (χ1v) is 6.31. The van der Waals surface area contributed by atoms with E-state index >= 15 is 0 Å². The van der Waals surface area contributed by atoms with Gasteiger partial charge in [0.2, 0.25) is 5.91 Å². The average Bonchev–Trinajstić information content (AvgIpc) is 2.37. The van der Waals surface area contributed by atoms with E-state index in [2.05, 4.69) is 5.32 Å². The molecule has 1 rings (SSSR count). The Morgan fingerprint density at radius 3 is 2.41 bits per heavy atom. The van der Waals surface area contributed by atoms with Gasteiger partial charge in [0.25, 0.3) is 0 Å².